The fraction of sp³-hybridized carbons (Fsp3) is 0.333. The molecule has 10 heavy (non-hydrogen) atoms. The Bertz CT molecular complexity index is 190. The summed E-state index contributed by atoms with van der Waals surface area (Å²) in [5, 5.41) is 13.9. The Morgan fingerprint density at radius 2 is 2.70 bits per heavy atom. The first-order chi connectivity index (χ1) is 4.86. The molecule has 1 aliphatic heterocycles. The van der Waals surface area contributed by atoms with Gasteiger partial charge in [-0.15, -0.1) is 0 Å². The van der Waals surface area contributed by atoms with Crippen LogP contribution in [-0.4, -0.2) is 29.5 Å². The fourth-order valence-electron chi connectivity index (χ4n) is 0.685. The van der Waals surface area contributed by atoms with Crippen LogP contribution < -0.4 is 0 Å². The van der Waals surface area contributed by atoms with Gasteiger partial charge in [-0.05, 0) is 0 Å². The minimum absolute atomic E-state index is 0.383. The van der Waals surface area contributed by atoms with Gasteiger partial charge in [-0.1, -0.05) is 6.58 Å². The van der Waals surface area contributed by atoms with Crippen molar-refractivity contribution < 1.29 is 0 Å². The largest absolute Gasteiger partial charge is 0.328 e. The molecule has 0 aromatic heterocycles. The minimum Gasteiger partial charge on any atom is -0.328 e. The lowest BCUT2D eigenvalue weighted by Gasteiger charge is -2.11. The average Bonchev–Trinajstić information content (AvgIpc) is 2.37. The summed E-state index contributed by atoms with van der Waals surface area (Å²) in [7, 11) is 0. The molecule has 0 aromatic carbocycles. The van der Waals surface area contributed by atoms with E-state index in [4.69, 9.17) is 5.26 Å². The van der Waals surface area contributed by atoms with E-state index in [-0.39, 0.29) is 0 Å². The molecular weight excluding hydrogens is 128 g/mol. The first kappa shape index (κ1) is 6.62. The quantitative estimate of drug-likeness (QED) is 0.508. The van der Waals surface area contributed by atoms with Crippen molar-refractivity contribution in [3.05, 3.63) is 12.8 Å². The summed E-state index contributed by atoms with van der Waals surface area (Å²) in [6.45, 7) is 4.56. The van der Waals surface area contributed by atoms with Crippen LogP contribution in [0.15, 0.2) is 17.9 Å². The molecule has 0 atom stereocenters. The number of hydrogen-bond donors (Lipinski definition) is 0. The van der Waals surface area contributed by atoms with Gasteiger partial charge in [0.25, 0.3) is 0 Å². The first-order valence-corrected chi connectivity index (χ1v) is 2.91. The van der Waals surface area contributed by atoms with Crippen LogP contribution >= 0.6 is 0 Å². The molecule has 0 spiro atoms. The molecule has 0 bridgehead atoms. The molecule has 1 heterocycles. The Morgan fingerprint density at radius 1 is 1.90 bits per heavy atom. The summed E-state index contributed by atoms with van der Waals surface area (Å²) in [6.07, 6.45) is 3.25. The van der Waals surface area contributed by atoms with Gasteiger partial charge in [-0.25, -0.2) is 0 Å². The molecule has 0 saturated heterocycles. The fourth-order valence-corrected chi connectivity index (χ4v) is 0.685. The molecule has 52 valence electrons. The zero-order chi connectivity index (χ0) is 7.40. The lowest BCUT2D eigenvalue weighted by molar-refractivity contribution is 0.324. The lowest BCUT2D eigenvalue weighted by Crippen LogP contribution is -2.23. The van der Waals surface area contributed by atoms with Crippen molar-refractivity contribution in [3.8, 4) is 6.07 Å². The van der Waals surface area contributed by atoms with Gasteiger partial charge in [0.15, 0.2) is 0 Å². The van der Waals surface area contributed by atoms with Crippen molar-refractivity contribution in [2.75, 3.05) is 13.2 Å². The molecule has 0 saturated carbocycles. The zero-order valence-corrected chi connectivity index (χ0v) is 5.56. The van der Waals surface area contributed by atoms with Crippen molar-refractivity contribution in [3.63, 3.8) is 0 Å². The Labute approximate surface area is 59.6 Å². The highest BCUT2D eigenvalue weighted by Gasteiger charge is 2.08. The maximum absolute atomic E-state index is 8.29. The van der Waals surface area contributed by atoms with Gasteiger partial charge >= 0.3 is 0 Å². The summed E-state index contributed by atoms with van der Waals surface area (Å²) in [5.41, 5.74) is 0. The monoisotopic (exact) mass is 136 g/mol. The van der Waals surface area contributed by atoms with E-state index < -0.39 is 0 Å². The predicted molar refractivity (Wildman–Crippen MR) is 37.7 cm³/mol. The van der Waals surface area contributed by atoms with Gasteiger partial charge in [0, 0.05) is 6.20 Å². The van der Waals surface area contributed by atoms with E-state index in [1.807, 2.05) is 6.07 Å². The molecule has 1 rings (SSSR count). The molecule has 0 aliphatic carbocycles. The second-order valence-corrected chi connectivity index (χ2v) is 1.90. The van der Waals surface area contributed by atoms with Crippen molar-refractivity contribution in [1.82, 2.24) is 9.91 Å². The summed E-state index contributed by atoms with van der Waals surface area (Å²) >= 11 is 0. The second kappa shape index (κ2) is 2.87. The topological polar surface area (TPSA) is 42.6 Å². The van der Waals surface area contributed by atoms with Crippen molar-refractivity contribution in [2.24, 2.45) is 5.10 Å². The summed E-state index contributed by atoms with van der Waals surface area (Å²) in [6, 6.07) is 2.03. The van der Waals surface area contributed by atoms with Crippen LogP contribution in [0.2, 0.25) is 0 Å². The molecule has 1 aliphatic rings. The highest BCUT2D eigenvalue weighted by atomic mass is 15.6. The molecule has 0 aromatic rings. The Hall–Kier alpha value is -1.50. The predicted octanol–water partition coefficient (Wildman–Crippen LogP) is 0.172. The molecular formula is C6H8N4. The summed E-state index contributed by atoms with van der Waals surface area (Å²) in [4.78, 5) is 1.79. The van der Waals surface area contributed by atoms with Gasteiger partial charge < -0.3 is 4.90 Å². The molecule has 0 fully saturated rings. The van der Waals surface area contributed by atoms with Crippen LogP contribution in [0.5, 0.6) is 0 Å². The minimum atomic E-state index is 0.383. The number of rotatable bonds is 2. The summed E-state index contributed by atoms with van der Waals surface area (Å²) < 4.78 is 0. The SMILES string of the molecule is C=CN1CN(CC#N)C=N1. The number of nitriles is 1. The molecule has 0 radical (unpaired) electrons. The van der Waals surface area contributed by atoms with Crippen LogP contribution in [0.25, 0.3) is 0 Å². The van der Waals surface area contributed by atoms with Gasteiger partial charge in [0.1, 0.15) is 19.6 Å². The van der Waals surface area contributed by atoms with Gasteiger partial charge in [-0.3, -0.25) is 5.01 Å². The van der Waals surface area contributed by atoms with Crippen LogP contribution in [-0.2, 0) is 0 Å². The molecule has 4 nitrogen and oxygen atoms in total. The second-order valence-electron chi connectivity index (χ2n) is 1.90. The molecule has 4 heteroatoms. The highest BCUT2D eigenvalue weighted by Crippen LogP contribution is 1.99. The normalized spacial score (nSPS) is 15.5. The average molecular weight is 136 g/mol. The maximum atomic E-state index is 8.29. The number of hydrogen-bond acceptors (Lipinski definition) is 4. The van der Waals surface area contributed by atoms with Crippen LogP contribution in [0.1, 0.15) is 0 Å². The van der Waals surface area contributed by atoms with Crippen molar-refractivity contribution in [1.29, 1.82) is 5.26 Å². The van der Waals surface area contributed by atoms with E-state index in [1.165, 1.54) is 0 Å². The van der Waals surface area contributed by atoms with E-state index in [0.29, 0.717) is 13.2 Å². The van der Waals surface area contributed by atoms with Crippen LogP contribution in [0.3, 0.4) is 0 Å². The van der Waals surface area contributed by atoms with Gasteiger partial charge in [-0.2, -0.15) is 10.4 Å². The lowest BCUT2D eigenvalue weighted by atomic mass is 10.6. The van der Waals surface area contributed by atoms with Crippen LogP contribution in [0, 0.1) is 11.3 Å². The third kappa shape index (κ3) is 1.26. The van der Waals surface area contributed by atoms with Crippen molar-refractivity contribution in [2.45, 2.75) is 0 Å². The maximum Gasteiger partial charge on any atom is 0.114 e. The Morgan fingerprint density at radius 3 is 3.20 bits per heavy atom. The molecule has 0 N–H and O–H groups in total. The van der Waals surface area contributed by atoms with E-state index in [2.05, 4.69) is 11.7 Å². The third-order valence-corrected chi connectivity index (χ3v) is 1.17. The van der Waals surface area contributed by atoms with E-state index in [1.54, 1.807) is 22.4 Å². The smallest absolute Gasteiger partial charge is 0.114 e. The Kier molecular flexibility index (Phi) is 1.90. The molecule has 0 amide bonds. The number of nitrogens with zero attached hydrogens (tertiary/aromatic N) is 4. The standard InChI is InChI=1S/C6H8N4/c1-2-10-6-9(4-3-7)5-8-10/h2,5H,1,4,6H2. The van der Waals surface area contributed by atoms with Gasteiger partial charge in [0.2, 0.25) is 0 Å². The highest BCUT2D eigenvalue weighted by molar-refractivity contribution is 5.56. The van der Waals surface area contributed by atoms with Gasteiger partial charge in [0.05, 0.1) is 6.07 Å². The van der Waals surface area contributed by atoms with E-state index in [9.17, 15) is 0 Å². The van der Waals surface area contributed by atoms with E-state index >= 15 is 0 Å². The first-order valence-electron chi connectivity index (χ1n) is 2.91. The number of hydrazone groups is 1. The van der Waals surface area contributed by atoms with Crippen molar-refractivity contribution >= 4 is 6.34 Å². The van der Waals surface area contributed by atoms with Crippen LogP contribution in [0.4, 0.5) is 0 Å². The molecule has 0 unspecified atom stereocenters. The third-order valence-electron chi connectivity index (χ3n) is 1.17. The Balaban J connectivity index is 2.39. The zero-order valence-electron chi connectivity index (χ0n) is 5.56. The van der Waals surface area contributed by atoms with E-state index in [0.717, 1.165) is 0 Å². The summed E-state index contributed by atoms with van der Waals surface area (Å²) in [5.74, 6) is 0.